The molecule has 2 heterocycles. The van der Waals surface area contributed by atoms with Crippen molar-refractivity contribution in [1.82, 2.24) is 10.2 Å². The molecule has 1 N–H and O–H groups in total. The number of carbonyl (C=O) groups is 2. The molecule has 0 atom stereocenters. The topological polar surface area (TPSA) is 67.9 Å². The highest BCUT2D eigenvalue weighted by atomic mass is 16.5. The number of nitrogens with one attached hydrogen (secondary N) is 1. The van der Waals surface area contributed by atoms with Gasteiger partial charge >= 0.3 is 0 Å². The van der Waals surface area contributed by atoms with Gasteiger partial charge in [-0.1, -0.05) is 24.6 Å². The maximum Gasteiger partial charge on any atom is 0.251 e. The van der Waals surface area contributed by atoms with Crippen LogP contribution in [-0.2, 0) is 0 Å². The lowest BCUT2D eigenvalue weighted by Crippen LogP contribution is -2.45. The van der Waals surface area contributed by atoms with Crippen LogP contribution in [0.4, 0.5) is 0 Å². The Labute approximate surface area is 207 Å². The average Bonchev–Trinajstić information content (AvgIpc) is 3.24. The van der Waals surface area contributed by atoms with Crippen LogP contribution >= 0.6 is 0 Å². The first-order valence-corrected chi connectivity index (χ1v) is 13.0. The number of hydrogen-bond donors (Lipinski definition) is 1. The van der Waals surface area contributed by atoms with E-state index in [2.05, 4.69) is 10.2 Å². The first kappa shape index (κ1) is 23.6. The molecule has 1 aliphatic carbocycles. The number of carbonyl (C=O) groups excluding carboxylic acids is 2. The molecule has 5 rings (SSSR count). The molecule has 1 saturated carbocycles. The number of likely N-dealkylation sites (tertiary alicyclic amines) is 1. The summed E-state index contributed by atoms with van der Waals surface area (Å²) in [5.41, 5.74) is 2.53. The number of ketones is 1. The van der Waals surface area contributed by atoms with E-state index in [9.17, 15) is 9.59 Å². The highest BCUT2D eigenvalue weighted by Gasteiger charge is 2.31. The number of Topliss-reactive ketones (excluding diaryl/α,β-unsaturated/α-hetero) is 1. The first-order valence-electron chi connectivity index (χ1n) is 13.0. The highest BCUT2D eigenvalue weighted by Crippen LogP contribution is 2.38. The lowest BCUT2D eigenvalue weighted by Gasteiger charge is -2.32. The van der Waals surface area contributed by atoms with Gasteiger partial charge in [-0.15, -0.1) is 0 Å². The van der Waals surface area contributed by atoms with E-state index >= 15 is 0 Å². The minimum atomic E-state index is 0.0135. The summed E-state index contributed by atoms with van der Waals surface area (Å²) < 4.78 is 11.9. The van der Waals surface area contributed by atoms with E-state index in [1.54, 1.807) is 0 Å². The Morgan fingerprint density at radius 3 is 2.57 bits per heavy atom. The molecule has 6 nitrogen and oxygen atoms in total. The van der Waals surface area contributed by atoms with Gasteiger partial charge in [0.15, 0.2) is 5.76 Å². The summed E-state index contributed by atoms with van der Waals surface area (Å²) >= 11 is 0. The minimum absolute atomic E-state index is 0.0135. The number of amides is 1. The molecule has 2 fully saturated rings. The fraction of sp³-hybridized carbons (Fsp3) is 0.448. The van der Waals surface area contributed by atoms with Crippen LogP contribution in [0.15, 0.2) is 59.9 Å². The number of nitrogens with zero attached hydrogens (tertiary/aromatic N) is 1. The van der Waals surface area contributed by atoms with Gasteiger partial charge in [-0.3, -0.25) is 9.59 Å². The number of benzene rings is 2. The Kier molecular flexibility index (Phi) is 7.48. The largest absolute Gasteiger partial charge is 0.493 e. The van der Waals surface area contributed by atoms with Gasteiger partial charge in [-0.05, 0) is 74.8 Å². The van der Waals surface area contributed by atoms with Crippen LogP contribution in [0.5, 0.6) is 11.5 Å². The van der Waals surface area contributed by atoms with Crippen molar-refractivity contribution in [2.45, 2.75) is 57.4 Å². The summed E-state index contributed by atoms with van der Waals surface area (Å²) in [7, 11) is 0. The molecule has 0 radical (unpaired) electrons. The summed E-state index contributed by atoms with van der Waals surface area (Å²) in [4.78, 5) is 27.5. The summed E-state index contributed by atoms with van der Waals surface area (Å²) in [6, 6.07) is 15.2. The lowest BCUT2D eigenvalue weighted by molar-refractivity contribution is 0.0909. The van der Waals surface area contributed by atoms with Crippen molar-refractivity contribution in [3.63, 3.8) is 0 Å². The maximum absolute atomic E-state index is 12.7. The van der Waals surface area contributed by atoms with Gasteiger partial charge in [-0.2, -0.15) is 0 Å². The molecule has 2 aromatic rings. The Bertz CT molecular complexity index is 1080. The third kappa shape index (κ3) is 5.76. The summed E-state index contributed by atoms with van der Waals surface area (Å²) in [6.45, 7) is 3.54. The van der Waals surface area contributed by atoms with Crippen LogP contribution in [0.25, 0.3) is 0 Å². The zero-order valence-electron chi connectivity index (χ0n) is 20.3. The van der Waals surface area contributed by atoms with E-state index in [0.29, 0.717) is 23.7 Å². The fourth-order valence-electron chi connectivity index (χ4n) is 5.22. The molecule has 0 aromatic heterocycles. The minimum Gasteiger partial charge on any atom is -0.493 e. The van der Waals surface area contributed by atoms with Crippen LogP contribution in [0, 0.1) is 0 Å². The Hall–Kier alpha value is -3.12. The van der Waals surface area contributed by atoms with Crippen molar-refractivity contribution in [2.75, 3.05) is 26.2 Å². The van der Waals surface area contributed by atoms with Crippen molar-refractivity contribution in [3.8, 4) is 11.5 Å². The second kappa shape index (κ2) is 11.1. The summed E-state index contributed by atoms with van der Waals surface area (Å²) in [5.74, 6) is 1.96. The second-order valence-electron chi connectivity index (χ2n) is 9.74. The third-order valence-electron chi connectivity index (χ3n) is 7.24. The molecule has 3 aliphatic rings. The molecule has 0 unspecified atom stereocenters. The van der Waals surface area contributed by atoms with Gasteiger partial charge in [-0.25, -0.2) is 0 Å². The van der Waals surface area contributed by atoms with Crippen LogP contribution in [0.3, 0.4) is 0 Å². The smallest absolute Gasteiger partial charge is 0.251 e. The number of fused-ring (bicyclic) bond motifs is 1. The Morgan fingerprint density at radius 1 is 1.03 bits per heavy atom. The van der Waals surface area contributed by atoms with E-state index in [-0.39, 0.29) is 17.7 Å². The van der Waals surface area contributed by atoms with Gasteiger partial charge in [0.05, 0.1) is 12.2 Å². The molecular formula is C29H34N2O4. The van der Waals surface area contributed by atoms with Crippen molar-refractivity contribution in [2.24, 2.45) is 0 Å². The standard InChI is InChI=1S/C29H34N2O4/c32-27-25-13-12-24(20-26(25)35-28(27)21-8-3-1-4-9-21)34-19-7-16-31-17-14-23(15-18-31)30-29(33)22-10-5-2-6-11-22/h2,5-6,10-13,20,23H,1,3-4,7-9,14-19H2,(H,30,33). The molecule has 1 amide bonds. The van der Waals surface area contributed by atoms with Crippen molar-refractivity contribution >= 4 is 11.7 Å². The predicted octanol–water partition coefficient (Wildman–Crippen LogP) is 5.14. The van der Waals surface area contributed by atoms with Gasteiger partial charge in [0, 0.05) is 37.3 Å². The van der Waals surface area contributed by atoms with Crippen LogP contribution in [0.1, 0.15) is 72.1 Å². The zero-order chi connectivity index (χ0) is 24.0. The van der Waals surface area contributed by atoms with E-state index < -0.39 is 0 Å². The lowest BCUT2D eigenvalue weighted by atomic mass is 9.92. The number of hydrogen-bond acceptors (Lipinski definition) is 5. The number of piperidine rings is 1. The fourth-order valence-corrected chi connectivity index (χ4v) is 5.22. The molecule has 0 bridgehead atoms. The van der Waals surface area contributed by atoms with Gasteiger partial charge < -0.3 is 19.7 Å². The van der Waals surface area contributed by atoms with Crippen molar-refractivity contribution < 1.29 is 19.1 Å². The number of allylic oxidation sites excluding steroid dienone is 2. The van der Waals surface area contributed by atoms with Crippen LogP contribution < -0.4 is 14.8 Å². The maximum atomic E-state index is 12.7. The monoisotopic (exact) mass is 474 g/mol. The molecule has 35 heavy (non-hydrogen) atoms. The van der Waals surface area contributed by atoms with E-state index in [1.807, 2.05) is 48.5 Å². The highest BCUT2D eigenvalue weighted by molar-refractivity contribution is 6.12. The molecule has 0 spiro atoms. The van der Waals surface area contributed by atoms with Crippen molar-refractivity contribution in [3.05, 3.63) is 71.0 Å². The quantitative estimate of drug-likeness (QED) is 0.444. The molecule has 2 aromatic carbocycles. The predicted molar refractivity (Wildman–Crippen MR) is 135 cm³/mol. The molecule has 184 valence electrons. The first-order chi connectivity index (χ1) is 17.2. The molecule has 2 aliphatic heterocycles. The van der Waals surface area contributed by atoms with Crippen molar-refractivity contribution in [1.29, 1.82) is 0 Å². The normalized spacial score (nSPS) is 18.8. The Morgan fingerprint density at radius 2 is 1.80 bits per heavy atom. The number of ether oxygens (including phenoxy) is 2. The molecule has 6 heteroatoms. The van der Waals surface area contributed by atoms with E-state index in [0.717, 1.165) is 75.9 Å². The van der Waals surface area contributed by atoms with Gasteiger partial charge in [0.2, 0.25) is 5.78 Å². The zero-order valence-corrected chi connectivity index (χ0v) is 20.3. The average molecular weight is 475 g/mol. The number of rotatable bonds is 7. The molecular weight excluding hydrogens is 440 g/mol. The SMILES string of the molecule is O=C(NC1CCN(CCCOc2ccc3c(c2)OC(=C2CCCCC2)C3=O)CC1)c1ccccc1. The summed E-state index contributed by atoms with van der Waals surface area (Å²) in [5, 5.41) is 3.16. The van der Waals surface area contributed by atoms with Crippen LogP contribution in [0.2, 0.25) is 0 Å². The van der Waals surface area contributed by atoms with Gasteiger partial charge in [0.1, 0.15) is 11.5 Å². The van der Waals surface area contributed by atoms with E-state index in [1.165, 1.54) is 12.0 Å². The second-order valence-corrected chi connectivity index (χ2v) is 9.74. The Balaban J connectivity index is 1.03. The molecule has 1 saturated heterocycles. The van der Waals surface area contributed by atoms with Crippen LogP contribution in [-0.4, -0.2) is 48.9 Å². The summed E-state index contributed by atoms with van der Waals surface area (Å²) in [6.07, 6.45) is 8.30. The van der Waals surface area contributed by atoms with Gasteiger partial charge in [0.25, 0.3) is 5.91 Å². The third-order valence-corrected chi connectivity index (χ3v) is 7.24. The van der Waals surface area contributed by atoms with E-state index in [4.69, 9.17) is 9.47 Å².